The third kappa shape index (κ3) is 2.23. The van der Waals surface area contributed by atoms with Gasteiger partial charge >= 0.3 is 0 Å². The molecule has 0 N–H and O–H groups in total. The van der Waals surface area contributed by atoms with Crippen LogP contribution in [-0.4, -0.2) is 0 Å². The molecule has 1 radical (unpaired) electrons. The molecule has 0 aromatic carbocycles. The Morgan fingerprint density at radius 2 is 2.43 bits per heavy atom. The number of hydrogen-bond acceptors (Lipinski definition) is 1. The second kappa shape index (κ2) is 3.38. The van der Waals surface area contributed by atoms with Gasteiger partial charge < -0.3 is 11.3 Å². The normalized spacial score (nSPS) is 7.57. The molecule has 1 aromatic heterocycles. The Morgan fingerprint density at radius 3 is 2.57 bits per heavy atom. The van der Waals surface area contributed by atoms with Crippen LogP contribution in [0.25, 0.3) is 0 Å². The molecule has 0 saturated heterocycles. The molecule has 0 aliphatic heterocycles. The average molecular weight is 283 g/mol. The van der Waals surface area contributed by atoms with Crippen molar-refractivity contribution >= 4 is 11.3 Å². The summed E-state index contributed by atoms with van der Waals surface area (Å²) in [5.41, 5.74) is 0. The van der Waals surface area contributed by atoms with E-state index in [1.165, 1.54) is 4.88 Å². The summed E-state index contributed by atoms with van der Waals surface area (Å²) in [5.74, 6) is 0. The van der Waals surface area contributed by atoms with Crippen LogP contribution in [0.2, 0.25) is 0 Å². The number of thiophene rings is 1. The summed E-state index contributed by atoms with van der Waals surface area (Å²) < 4.78 is 0. The van der Waals surface area contributed by atoms with Crippen molar-refractivity contribution in [1.82, 2.24) is 0 Å². The Morgan fingerprint density at radius 1 is 1.71 bits per heavy atom. The third-order valence-electron chi connectivity index (χ3n) is 0.606. The van der Waals surface area contributed by atoms with Gasteiger partial charge in [-0.05, 0) is 0 Å². The zero-order chi connectivity index (χ0) is 4.41. The van der Waals surface area contributed by atoms with Crippen LogP contribution >= 0.6 is 11.3 Å². The molecule has 0 saturated carbocycles. The van der Waals surface area contributed by atoms with E-state index in [1.54, 1.807) is 11.3 Å². The summed E-state index contributed by atoms with van der Waals surface area (Å²) in [6, 6.07) is 3.98. The minimum Gasteiger partial charge on any atom is -0.301 e. The second-order valence-corrected chi connectivity index (χ2v) is 2.25. The van der Waals surface area contributed by atoms with Crippen molar-refractivity contribution in [3.05, 3.63) is 22.4 Å². The minimum absolute atomic E-state index is 0. The molecule has 39 valence electrons. The van der Waals surface area contributed by atoms with Crippen molar-refractivity contribution in [3.63, 3.8) is 0 Å². The first-order valence-electron chi connectivity index (χ1n) is 1.82. The molecule has 0 amide bonds. The van der Waals surface area contributed by atoms with Gasteiger partial charge in [0.2, 0.25) is 0 Å². The first kappa shape index (κ1) is 7.36. The smallest absolute Gasteiger partial charge is 0 e. The molecule has 0 aliphatic carbocycles. The maximum Gasteiger partial charge on any atom is 0 e. The van der Waals surface area contributed by atoms with Crippen LogP contribution < -0.4 is 0 Å². The molecular formula is C5H5ReS-. The van der Waals surface area contributed by atoms with E-state index in [0.29, 0.717) is 0 Å². The van der Waals surface area contributed by atoms with Crippen LogP contribution in [0.15, 0.2) is 12.1 Å². The molecule has 1 heterocycles. The minimum atomic E-state index is 0. The SMILES string of the molecule is Cc1cc[c-]s1.[Re]. The van der Waals surface area contributed by atoms with E-state index in [-0.39, 0.29) is 20.4 Å². The quantitative estimate of drug-likeness (QED) is 0.638. The zero-order valence-electron chi connectivity index (χ0n) is 3.94. The van der Waals surface area contributed by atoms with Gasteiger partial charge in [-0.15, -0.1) is 5.38 Å². The largest absolute Gasteiger partial charge is 0.301 e. The van der Waals surface area contributed by atoms with E-state index in [1.807, 2.05) is 12.1 Å². The molecule has 0 aliphatic rings. The fraction of sp³-hybridized carbons (Fsp3) is 0.200. The third-order valence-corrected chi connectivity index (χ3v) is 1.32. The first-order valence-corrected chi connectivity index (χ1v) is 2.64. The molecule has 1 aromatic rings. The van der Waals surface area contributed by atoms with Gasteiger partial charge in [0, 0.05) is 20.4 Å². The van der Waals surface area contributed by atoms with Crippen molar-refractivity contribution in [2.45, 2.75) is 6.92 Å². The van der Waals surface area contributed by atoms with Crippen molar-refractivity contribution < 1.29 is 20.4 Å². The van der Waals surface area contributed by atoms with Gasteiger partial charge in [0.25, 0.3) is 0 Å². The van der Waals surface area contributed by atoms with E-state index >= 15 is 0 Å². The molecule has 1 rings (SSSR count). The van der Waals surface area contributed by atoms with Gasteiger partial charge in [-0.1, -0.05) is 6.92 Å². The van der Waals surface area contributed by atoms with Gasteiger partial charge in [0.05, 0.1) is 0 Å². The maximum absolute atomic E-state index is 2.97. The number of rotatable bonds is 0. The van der Waals surface area contributed by atoms with Gasteiger partial charge in [0.15, 0.2) is 0 Å². The van der Waals surface area contributed by atoms with Crippen molar-refractivity contribution in [2.75, 3.05) is 0 Å². The van der Waals surface area contributed by atoms with Crippen LogP contribution in [0.1, 0.15) is 4.88 Å². The van der Waals surface area contributed by atoms with E-state index in [2.05, 4.69) is 12.3 Å². The fourth-order valence-electron chi connectivity index (χ4n) is 0.312. The summed E-state index contributed by atoms with van der Waals surface area (Å²) in [4.78, 5) is 1.33. The molecule has 7 heavy (non-hydrogen) atoms. The Hall–Kier alpha value is 0.362. The summed E-state index contributed by atoms with van der Waals surface area (Å²) in [6.45, 7) is 2.07. The Bertz CT molecular complexity index is 112. The molecule has 2 heteroatoms. The average Bonchev–Trinajstić information content (AvgIpc) is 1.86. The zero-order valence-corrected chi connectivity index (χ0v) is 7.47. The van der Waals surface area contributed by atoms with Crippen LogP contribution in [0.4, 0.5) is 0 Å². The molecule has 0 unspecified atom stereocenters. The molecule has 0 spiro atoms. The van der Waals surface area contributed by atoms with E-state index in [4.69, 9.17) is 0 Å². The predicted molar refractivity (Wildman–Crippen MR) is 27.9 cm³/mol. The van der Waals surface area contributed by atoms with E-state index in [0.717, 1.165) is 0 Å². The molecule has 0 fully saturated rings. The van der Waals surface area contributed by atoms with Gasteiger partial charge in [0.1, 0.15) is 0 Å². The monoisotopic (exact) mass is 284 g/mol. The number of hydrogen-bond donors (Lipinski definition) is 0. The standard InChI is InChI=1S/C5H5S.Re/c1-5-3-2-4-6-5;/h2-3H,1H3;/q-1;. The Kier molecular flexibility index (Phi) is 3.55. The maximum atomic E-state index is 2.97. The molecule has 0 atom stereocenters. The van der Waals surface area contributed by atoms with Crippen LogP contribution in [0.3, 0.4) is 0 Å². The molecule has 0 bridgehead atoms. The van der Waals surface area contributed by atoms with Crippen LogP contribution in [-0.2, 0) is 20.4 Å². The van der Waals surface area contributed by atoms with Crippen LogP contribution in [0, 0.1) is 12.3 Å². The Labute approximate surface area is 61.2 Å². The topological polar surface area (TPSA) is 0 Å². The summed E-state index contributed by atoms with van der Waals surface area (Å²) in [7, 11) is 0. The van der Waals surface area contributed by atoms with Crippen molar-refractivity contribution in [2.24, 2.45) is 0 Å². The van der Waals surface area contributed by atoms with Crippen molar-refractivity contribution in [3.8, 4) is 0 Å². The summed E-state index contributed by atoms with van der Waals surface area (Å²) in [5, 5.41) is 2.97. The molecule has 0 nitrogen and oxygen atoms in total. The van der Waals surface area contributed by atoms with Gasteiger partial charge in [-0.2, -0.15) is 10.9 Å². The second-order valence-electron chi connectivity index (χ2n) is 1.16. The number of aryl methyl sites for hydroxylation is 1. The summed E-state index contributed by atoms with van der Waals surface area (Å²) in [6.07, 6.45) is 0. The van der Waals surface area contributed by atoms with Gasteiger partial charge in [-0.3, -0.25) is 0 Å². The predicted octanol–water partition coefficient (Wildman–Crippen LogP) is 1.85. The fourth-order valence-corrected chi connectivity index (χ4v) is 0.770. The molecular weight excluding hydrogens is 278 g/mol. The van der Waals surface area contributed by atoms with Crippen LogP contribution in [0.5, 0.6) is 0 Å². The van der Waals surface area contributed by atoms with E-state index in [9.17, 15) is 0 Å². The first-order chi connectivity index (χ1) is 2.89. The Balaban J connectivity index is 0.000000360. The van der Waals surface area contributed by atoms with E-state index < -0.39 is 0 Å². The summed E-state index contributed by atoms with van der Waals surface area (Å²) >= 11 is 1.65. The van der Waals surface area contributed by atoms with Gasteiger partial charge in [-0.25, -0.2) is 6.07 Å². The van der Waals surface area contributed by atoms with Crippen molar-refractivity contribution in [1.29, 1.82) is 0 Å².